The predicted molar refractivity (Wildman–Crippen MR) is 80.5 cm³/mol. The first kappa shape index (κ1) is 16.9. The summed E-state index contributed by atoms with van der Waals surface area (Å²) in [6, 6.07) is 4.22. The standard InChI is InChI=1S/C14H15Cl2NO5/c15-9-1-2-11(16)12(5-9)22-8-13(18)17-3-4-21-7-10(17)6-14(19)20/h1-2,5,10H,3-4,6-8H2,(H,19,20). The van der Waals surface area contributed by atoms with Crippen molar-refractivity contribution in [3.8, 4) is 5.75 Å². The van der Waals surface area contributed by atoms with Crippen LogP contribution in [0.15, 0.2) is 18.2 Å². The van der Waals surface area contributed by atoms with Crippen molar-refractivity contribution in [1.29, 1.82) is 0 Å². The molecular weight excluding hydrogens is 333 g/mol. The number of carbonyl (C=O) groups excluding carboxylic acids is 1. The lowest BCUT2D eigenvalue weighted by Crippen LogP contribution is -2.51. The number of amides is 1. The summed E-state index contributed by atoms with van der Waals surface area (Å²) in [4.78, 5) is 24.5. The molecule has 8 heteroatoms. The molecule has 0 radical (unpaired) electrons. The number of nitrogens with zero attached hydrogens (tertiary/aromatic N) is 1. The van der Waals surface area contributed by atoms with Crippen LogP contribution in [-0.4, -0.2) is 54.3 Å². The third-order valence-corrected chi connectivity index (χ3v) is 3.75. The number of aliphatic carboxylic acids is 1. The van der Waals surface area contributed by atoms with Gasteiger partial charge in [0.1, 0.15) is 5.75 Å². The monoisotopic (exact) mass is 347 g/mol. The van der Waals surface area contributed by atoms with Gasteiger partial charge in [0.2, 0.25) is 0 Å². The first-order chi connectivity index (χ1) is 10.5. The molecule has 1 aromatic rings. The molecule has 0 bridgehead atoms. The van der Waals surface area contributed by atoms with E-state index in [9.17, 15) is 9.59 Å². The van der Waals surface area contributed by atoms with Gasteiger partial charge < -0.3 is 19.5 Å². The van der Waals surface area contributed by atoms with Crippen molar-refractivity contribution in [3.05, 3.63) is 28.2 Å². The zero-order chi connectivity index (χ0) is 16.1. The van der Waals surface area contributed by atoms with E-state index in [-0.39, 0.29) is 25.5 Å². The highest BCUT2D eigenvalue weighted by Gasteiger charge is 2.29. The summed E-state index contributed by atoms with van der Waals surface area (Å²) >= 11 is 11.8. The molecule has 1 aliphatic rings. The van der Waals surface area contributed by atoms with Gasteiger partial charge in [-0.2, -0.15) is 0 Å². The number of ether oxygens (including phenoxy) is 2. The Bertz CT molecular complexity index is 566. The molecule has 0 spiro atoms. The van der Waals surface area contributed by atoms with Gasteiger partial charge in [0, 0.05) is 17.6 Å². The molecule has 1 fully saturated rings. The highest BCUT2D eigenvalue weighted by atomic mass is 35.5. The van der Waals surface area contributed by atoms with Crippen molar-refractivity contribution in [2.24, 2.45) is 0 Å². The molecule has 1 N–H and O–H groups in total. The molecule has 1 heterocycles. The fraction of sp³-hybridized carbons (Fsp3) is 0.429. The summed E-state index contributed by atoms with van der Waals surface area (Å²) < 4.78 is 10.6. The molecule has 0 saturated carbocycles. The van der Waals surface area contributed by atoms with Gasteiger partial charge in [0.25, 0.3) is 5.91 Å². The van der Waals surface area contributed by atoms with Crippen molar-refractivity contribution in [2.75, 3.05) is 26.4 Å². The van der Waals surface area contributed by atoms with Gasteiger partial charge in [-0.3, -0.25) is 9.59 Å². The van der Waals surface area contributed by atoms with Crippen molar-refractivity contribution in [2.45, 2.75) is 12.5 Å². The van der Waals surface area contributed by atoms with Crippen LogP contribution in [0.3, 0.4) is 0 Å². The van der Waals surface area contributed by atoms with E-state index in [0.29, 0.717) is 28.9 Å². The average molecular weight is 348 g/mol. The largest absolute Gasteiger partial charge is 0.482 e. The zero-order valence-corrected chi connectivity index (χ0v) is 13.1. The van der Waals surface area contributed by atoms with Crippen molar-refractivity contribution in [1.82, 2.24) is 4.90 Å². The summed E-state index contributed by atoms with van der Waals surface area (Å²) in [5.74, 6) is -0.983. The zero-order valence-electron chi connectivity index (χ0n) is 11.6. The van der Waals surface area contributed by atoms with Crippen LogP contribution in [0.5, 0.6) is 5.75 Å². The van der Waals surface area contributed by atoms with E-state index in [1.54, 1.807) is 12.1 Å². The molecule has 1 atom stereocenters. The second-order valence-corrected chi connectivity index (χ2v) is 5.62. The molecule has 2 rings (SSSR count). The quantitative estimate of drug-likeness (QED) is 0.882. The van der Waals surface area contributed by atoms with E-state index in [4.69, 9.17) is 37.8 Å². The Morgan fingerprint density at radius 1 is 1.41 bits per heavy atom. The minimum Gasteiger partial charge on any atom is -0.482 e. The molecule has 1 aliphatic heterocycles. The Kier molecular flexibility index (Phi) is 5.88. The molecule has 1 unspecified atom stereocenters. The Balaban J connectivity index is 1.97. The number of halogens is 2. The van der Waals surface area contributed by atoms with Crippen LogP contribution in [-0.2, 0) is 14.3 Å². The number of benzene rings is 1. The lowest BCUT2D eigenvalue weighted by atomic mass is 10.1. The van der Waals surface area contributed by atoms with Crippen LogP contribution in [0.2, 0.25) is 10.0 Å². The van der Waals surface area contributed by atoms with E-state index in [1.807, 2.05) is 0 Å². The second kappa shape index (κ2) is 7.67. The average Bonchev–Trinajstić information content (AvgIpc) is 2.48. The van der Waals surface area contributed by atoms with Crippen LogP contribution in [0, 0.1) is 0 Å². The smallest absolute Gasteiger partial charge is 0.305 e. The van der Waals surface area contributed by atoms with E-state index >= 15 is 0 Å². The van der Waals surface area contributed by atoms with Crippen LogP contribution in [0.1, 0.15) is 6.42 Å². The minimum atomic E-state index is -0.980. The maximum Gasteiger partial charge on any atom is 0.305 e. The maximum atomic E-state index is 12.2. The topological polar surface area (TPSA) is 76.1 Å². The van der Waals surface area contributed by atoms with Crippen LogP contribution in [0.4, 0.5) is 0 Å². The first-order valence-corrected chi connectivity index (χ1v) is 7.40. The molecule has 1 aromatic carbocycles. The minimum absolute atomic E-state index is 0.163. The molecular formula is C14H15Cl2NO5. The summed E-state index contributed by atoms with van der Waals surface area (Å²) in [6.45, 7) is 0.676. The molecule has 120 valence electrons. The summed E-state index contributed by atoms with van der Waals surface area (Å²) in [6.07, 6.45) is -0.163. The SMILES string of the molecule is O=C(O)CC1COCCN1C(=O)COc1cc(Cl)ccc1Cl. The normalized spacial score (nSPS) is 18.1. The Labute approximate surface area is 137 Å². The Morgan fingerprint density at radius 3 is 2.91 bits per heavy atom. The lowest BCUT2D eigenvalue weighted by molar-refractivity contribution is -0.147. The Hall–Kier alpha value is -1.50. The van der Waals surface area contributed by atoms with Crippen LogP contribution >= 0.6 is 23.2 Å². The van der Waals surface area contributed by atoms with E-state index in [2.05, 4.69) is 0 Å². The van der Waals surface area contributed by atoms with Gasteiger partial charge in [0.15, 0.2) is 6.61 Å². The fourth-order valence-corrected chi connectivity index (χ4v) is 2.50. The van der Waals surface area contributed by atoms with Gasteiger partial charge in [-0.1, -0.05) is 23.2 Å². The highest BCUT2D eigenvalue weighted by molar-refractivity contribution is 6.34. The summed E-state index contributed by atoms with van der Waals surface area (Å²) in [5, 5.41) is 9.68. The van der Waals surface area contributed by atoms with Gasteiger partial charge in [0.05, 0.1) is 30.7 Å². The third kappa shape index (κ3) is 4.50. The molecule has 1 amide bonds. The molecule has 6 nitrogen and oxygen atoms in total. The van der Waals surface area contributed by atoms with Gasteiger partial charge in [-0.25, -0.2) is 0 Å². The number of hydrogen-bond acceptors (Lipinski definition) is 4. The van der Waals surface area contributed by atoms with Crippen LogP contribution in [0.25, 0.3) is 0 Å². The number of carboxylic acid groups (broad SMARTS) is 1. The predicted octanol–water partition coefficient (Wildman–Crippen LogP) is 2.07. The number of hydrogen-bond donors (Lipinski definition) is 1. The maximum absolute atomic E-state index is 12.2. The van der Waals surface area contributed by atoms with Gasteiger partial charge >= 0.3 is 5.97 Å². The van der Waals surface area contributed by atoms with E-state index in [0.717, 1.165) is 0 Å². The van der Waals surface area contributed by atoms with Crippen LogP contribution < -0.4 is 4.74 Å². The van der Waals surface area contributed by atoms with Crippen molar-refractivity contribution < 1.29 is 24.2 Å². The second-order valence-electron chi connectivity index (χ2n) is 4.78. The molecule has 1 saturated heterocycles. The summed E-state index contributed by atoms with van der Waals surface area (Å²) in [5.41, 5.74) is 0. The number of rotatable bonds is 5. The third-order valence-electron chi connectivity index (χ3n) is 3.20. The molecule has 0 aliphatic carbocycles. The fourth-order valence-electron chi connectivity index (χ4n) is 2.16. The van der Waals surface area contributed by atoms with E-state index < -0.39 is 12.0 Å². The number of morpholine rings is 1. The Morgan fingerprint density at radius 2 is 2.18 bits per heavy atom. The van der Waals surface area contributed by atoms with Crippen molar-refractivity contribution in [3.63, 3.8) is 0 Å². The van der Waals surface area contributed by atoms with Gasteiger partial charge in [-0.05, 0) is 12.1 Å². The highest BCUT2D eigenvalue weighted by Crippen LogP contribution is 2.27. The number of carbonyl (C=O) groups is 2. The first-order valence-electron chi connectivity index (χ1n) is 6.64. The van der Waals surface area contributed by atoms with E-state index in [1.165, 1.54) is 11.0 Å². The lowest BCUT2D eigenvalue weighted by Gasteiger charge is -2.34. The molecule has 22 heavy (non-hydrogen) atoms. The van der Waals surface area contributed by atoms with Crippen molar-refractivity contribution >= 4 is 35.1 Å². The van der Waals surface area contributed by atoms with Gasteiger partial charge in [-0.15, -0.1) is 0 Å². The summed E-state index contributed by atoms with van der Waals surface area (Å²) in [7, 11) is 0. The number of carboxylic acids is 1. The molecule has 0 aromatic heterocycles.